The van der Waals surface area contributed by atoms with Gasteiger partial charge in [0.15, 0.2) is 6.61 Å². The molecule has 1 heterocycles. The third-order valence-electron chi connectivity index (χ3n) is 4.78. The van der Waals surface area contributed by atoms with Gasteiger partial charge in [0.1, 0.15) is 12.3 Å². The average Bonchev–Trinajstić information content (AvgIpc) is 2.71. The van der Waals surface area contributed by atoms with E-state index in [0.29, 0.717) is 16.7 Å². The summed E-state index contributed by atoms with van der Waals surface area (Å²) in [6, 6.07) is 9.80. The molecule has 0 spiro atoms. The van der Waals surface area contributed by atoms with Crippen molar-refractivity contribution in [3.05, 3.63) is 52.1 Å². The zero-order valence-corrected chi connectivity index (χ0v) is 17.8. The summed E-state index contributed by atoms with van der Waals surface area (Å²) in [5, 5.41) is 14.4. The van der Waals surface area contributed by atoms with Crippen LogP contribution in [-0.4, -0.2) is 35.1 Å². The Kier molecular flexibility index (Phi) is 6.61. The summed E-state index contributed by atoms with van der Waals surface area (Å²) < 4.78 is 5.33. The first-order valence-electron chi connectivity index (χ1n) is 9.57. The molecule has 0 radical (unpaired) electrons. The number of nitro groups is 1. The summed E-state index contributed by atoms with van der Waals surface area (Å²) in [7, 11) is 0. The predicted octanol–water partition coefficient (Wildman–Crippen LogP) is 4.16. The Labute approximate surface area is 178 Å². The second kappa shape index (κ2) is 9.17. The van der Waals surface area contributed by atoms with Crippen molar-refractivity contribution in [2.75, 3.05) is 23.4 Å². The Bertz CT molecular complexity index is 995. The number of thioether (sulfide) groups is 1. The Morgan fingerprint density at radius 2 is 2.10 bits per heavy atom. The predicted molar refractivity (Wildman–Crippen MR) is 116 cm³/mol. The number of ether oxygens (including phenoxy) is 1. The lowest BCUT2D eigenvalue weighted by Crippen LogP contribution is -2.43. The highest BCUT2D eigenvalue weighted by molar-refractivity contribution is 7.99. The van der Waals surface area contributed by atoms with Crippen molar-refractivity contribution < 1.29 is 19.2 Å². The molecule has 0 saturated heterocycles. The number of carbonyl (C=O) groups is 2. The van der Waals surface area contributed by atoms with Crippen molar-refractivity contribution >= 4 is 40.6 Å². The zero-order valence-electron chi connectivity index (χ0n) is 17.0. The summed E-state index contributed by atoms with van der Waals surface area (Å²) in [6.07, 6.45) is 1.06. The molecule has 1 unspecified atom stereocenters. The van der Waals surface area contributed by atoms with Crippen LogP contribution in [0.25, 0.3) is 0 Å². The van der Waals surface area contributed by atoms with Gasteiger partial charge in [-0.05, 0) is 43.2 Å². The summed E-state index contributed by atoms with van der Waals surface area (Å²) >= 11 is 1.78. The first-order chi connectivity index (χ1) is 14.3. The number of amides is 2. The molecule has 2 aromatic rings. The van der Waals surface area contributed by atoms with Gasteiger partial charge < -0.3 is 10.1 Å². The molecule has 0 aromatic heterocycles. The van der Waals surface area contributed by atoms with Gasteiger partial charge in [-0.3, -0.25) is 24.6 Å². The number of hydrogen-bond acceptors (Lipinski definition) is 6. The number of non-ortho nitro benzene ring substituents is 1. The van der Waals surface area contributed by atoms with Crippen LogP contribution in [-0.2, 0) is 9.59 Å². The van der Waals surface area contributed by atoms with E-state index < -0.39 is 16.7 Å². The lowest BCUT2D eigenvalue weighted by Gasteiger charge is -2.28. The van der Waals surface area contributed by atoms with E-state index >= 15 is 0 Å². The first kappa shape index (κ1) is 21.6. The smallest absolute Gasteiger partial charge is 0.271 e. The molecule has 0 saturated carbocycles. The van der Waals surface area contributed by atoms with Gasteiger partial charge >= 0.3 is 0 Å². The number of rotatable bonds is 7. The van der Waals surface area contributed by atoms with Crippen LogP contribution in [0.3, 0.4) is 0 Å². The largest absolute Gasteiger partial charge is 0.482 e. The van der Waals surface area contributed by atoms with Crippen molar-refractivity contribution in [3.63, 3.8) is 0 Å². The van der Waals surface area contributed by atoms with Crippen LogP contribution in [0.15, 0.2) is 41.3 Å². The van der Waals surface area contributed by atoms with Crippen molar-refractivity contribution in [3.8, 4) is 5.75 Å². The SMILES string of the molecule is CCC(C)Sc1ccc(NC(=O)CN2C(=O)COc3ccc([N+](=O)[O-])cc32)c(C)c1. The second-order valence-electron chi connectivity index (χ2n) is 7.04. The summed E-state index contributed by atoms with van der Waals surface area (Å²) in [5.41, 5.74) is 1.62. The number of nitro benzene ring substituents is 1. The van der Waals surface area contributed by atoms with E-state index in [1.807, 2.05) is 25.1 Å². The number of aryl methyl sites for hydroxylation is 1. The van der Waals surface area contributed by atoms with Gasteiger partial charge in [0, 0.05) is 28.0 Å². The Morgan fingerprint density at radius 3 is 2.77 bits per heavy atom. The Morgan fingerprint density at radius 1 is 1.33 bits per heavy atom. The summed E-state index contributed by atoms with van der Waals surface area (Å²) in [6.45, 7) is 5.72. The average molecular weight is 429 g/mol. The van der Waals surface area contributed by atoms with Gasteiger partial charge in [-0.15, -0.1) is 11.8 Å². The molecular formula is C21H23N3O5S. The van der Waals surface area contributed by atoms with Crippen LogP contribution in [0.4, 0.5) is 17.1 Å². The minimum absolute atomic E-state index is 0.178. The number of nitrogens with zero attached hydrogens (tertiary/aromatic N) is 2. The lowest BCUT2D eigenvalue weighted by atomic mass is 10.2. The molecule has 1 aliphatic rings. The number of carbonyl (C=O) groups excluding carboxylic acids is 2. The molecular weight excluding hydrogens is 406 g/mol. The van der Waals surface area contributed by atoms with Gasteiger partial charge in [0.2, 0.25) is 5.91 Å². The Balaban J connectivity index is 1.74. The summed E-state index contributed by atoms with van der Waals surface area (Å²) in [4.78, 5) is 37.8. The zero-order chi connectivity index (χ0) is 21.8. The van der Waals surface area contributed by atoms with Crippen LogP contribution >= 0.6 is 11.8 Å². The van der Waals surface area contributed by atoms with E-state index in [2.05, 4.69) is 19.2 Å². The third-order valence-corrected chi connectivity index (χ3v) is 6.04. The highest BCUT2D eigenvalue weighted by atomic mass is 32.2. The lowest BCUT2D eigenvalue weighted by molar-refractivity contribution is -0.384. The van der Waals surface area contributed by atoms with Gasteiger partial charge in [0.25, 0.3) is 11.6 Å². The molecule has 0 aliphatic carbocycles. The van der Waals surface area contributed by atoms with E-state index in [1.54, 1.807) is 11.8 Å². The number of benzene rings is 2. The van der Waals surface area contributed by atoms with E-state index in [9.17, 15) is 19.7 Å². The standard InChI is InChI=1S/C21H23N3O5S/c1-4-14(3)30-16-6-7-17(13(2)9-16)22-20(25)11-23-18-10-15(24(27)28)5-8-19(18)29-12-21(23)26/h5-10,14H,4,11-12H2,1-3H3,(H,22,25). The fourth-order valence-corrected chi connectivity index (χ4v) is 4.00. The molecule has 30 heavy (non-hydrogen) atoms. The van der Waals surface area contributed by atoms with Gasteiger partial charge in [0.05, 0.1) is 10.6 Å². The molecule has 0 fully saturated rings. The number of anilines is 2. The van der Waals surface area contributed by atoms with Crippen LogP contribution in [0.1, 0.15) is 25.8 Å². The maximum Gasteiger partial charge on any atom is 0.271 e. The Hall–Kier alpha value is -3.07. The van der Waals surface area contributed by atoms with Crippen LogP contribution in [0, 0.1) is 17.0 Å². The number of hydrogen-bond donors (Lipinski definition) is 1. The van der Waals surface area contributed by atoms with E-state index in [4.69, 9.17) is 4.74 Å². The second-order valence-corrected chi connectivity index (χ2v) is 8.55. The van der Waals surface area contributed by atoms with Crippen LogP contribution in [0.5, 0.6) is 5.75 Å². The maximum atomic E-state index is 12.6. The minimum Gasteiger partial charge on any atom is -0.482 e. The topological polar surface area (TPSA) is 102 Å². The molecule has 8 nitrogen and oxygen atoms in total. The van der Waals surface area contributed by atoms with Gasteiger partial charge in [-0.1, -0.05) is 13.8 Å². The van der Waals surface area contributed by atoms with Gasteiger partial charge in [-0.2, -0.15) is 0 Å². The highest BCUT2D eigenvalue weighted by Crippen LogP contribution is 2.35. The molecule has 1 N–H and O–H groups in total. The van der Waals surface area contributed by atoms with E-state index in [0.717, 1.165) is 16.9 Å². The van der Waals surface area contributed by atoms with E-state index in [1.165, 1.54) is 23.1 Å². The molecule has 9 heteroatoms. The van der Waals surface area contributed by atoms with Crippen LogP contribution < -0.4 is 15.0 Å². The molecule has 3 rings (SSSR count). The molecule has 1 aliphatic heterocycles. The summed E-state index contributed by atoms with van der Waals surface area (Å²) in [5.74, 6) is -0.501. The van der Waals surface area contributed by atoms with Crippen LogP contribution in [0.2, 0.25) is 0 Å². The van der Waals surface area contributed by atoms with Crippen molar-refractivity contribution in [1.29, 1.82) is 0 Å². The maximum absolute atomic E-state index is 12.6. The number of fused-ring (bicyclic) bond motifs is 1. The fraction of sp³-hybridized carbons (Fsp3) is 0.333. The fourth-order valence-electron chi connectivity index (χ4n) is 2.98. The molecule has 158 valence electrons. The first-order valence-corrected chi connectivity index (χ1v) is 10.4. The normalized spacial score (nSPS) is 14.0. The molecule has 2 amide bonds. The van der Waals surface area contributed by atoms with Crippen molar-refractivity contribution in [2.45, 2.75) is 37.3 Å². The highest BCUT2D eigenvalue weighted by Gasteiger charge is 2.29. The molecule has 0 bridgehead atoms. The van der Waals surface area contributed by atoms with Crippen molar-refractivity contribution in [2.24, 2.45) is 0 Å². The molecule has 1 atom stereocenters. The number of nitrogens with one attached hydrogen (secondary N) is 1. The van der Waals surface area contributed by atoms with Crippen molar-refractivity contribution in [1.82, 2.24) is 0 Å². The minimum atomic E-state index is -0.556. The quantitative estimate of drug-likeness (QED) is 0.403. The monoisotopic (exact) mass is 429 g/mol. The third kappa shape index (κ3) is 4.91. The molecule has 2 aromatic carbocycles. The van der Waals surface area contributed by atoms with E-state index in [-0.39, 0.29) is 24.5 Å². The van der Waals surface area contributed by atoms with Gasteiger partial charge in [-0.25, -0.2) is 0 Å².